The van der Waals surface area contributed by atoms with E-state index in [0.29, 0.717) is 6.54 Å². The predicted octanol–water partition coefficient (Wildman–Crippen LogP) is 3.70. The van der Waals surface area contributed by atoms with Crippen molar-refractivity contribution in [1.29, 1.82) is 0 Å². The molecule has 4 aromatic rings. The molecule has 0 atom stereocenters. The van der Waals surface area contributed by atoms with Gasteiger partial charge in [0.15, 0.2) is 5.65 Å². The molecule has 4 nitrogen and oxygen atoms in total. The van der Waals surface area contributed by atoms with Crippen LogP contribution in [0, 0.1) is 11.8 Å². The van der Waals surface area contributed by atoms with Crippen molar-refractivity contribution >= 4 is 21.8 Å². The number of aromatic nitrogens is 3. The molecule has 0 N–H and O–H groups in total. The number of benzene rings is 2. The van der Waals surface area contributed by atoms with Crippen LogP contribution < -0.4 is 0 Å². The van der Waals surface area contributed by atoms with E-state index >= 15 is 0 Å². The zero-order valence-electron chi connectivity index (χ0n) is 15.2. The third-order valence-electron chi connectivity index (χ3n) is 4.38. The van der Waals surface area contributed by atoms with E-state index in [0.717, 1.165) is 22.3 Å². The summed E-state index contributed by atoms with van der Waals surface area (Å²) in [5.41, 5.74) is 3.88. The summed E-state index contributed by atoms with van der Waals surface area (Å²) in [6.07, 6.45) is 1.92. The summed E-state index contributed by atoms with van der Waals surface area (Å²) in [4.78, 5) is 6.69. The van der Waals surface area contributed by atoms with Crippen LogP contribution in [0.25, 0.3) is 32.9 Å². The second-order valence-corrected chi connectivity index (χ2v) is 6.63. The molecule has 2 aromatic heterocycles. The third-order valence-corrected chi connectivity index (χ3v) is 4.38. The molecule has 0 aliphatic heterocycles. The van der Waals surface area contributed by atoms with Crippen molar-refractivity contribution in [3.05, 3.63) is 60.4 Å². The highest BCUT2D eigenvalue weighted by Gasteiger charge is 2.11. The molecule has 0 saturated heterocycles. The highest BCUT2D eigenvalue weighted by Crippen LogP contribution is 2.30. The molecule has 0 aliphatic rings. The lowest BCUT2D eigenvalue weighted by Crippen LogP contribution is -2.10. The summed E-state index contributed by atoms with van der Waals surface area (Å²) in [6.45, 7) is 0.703. The summed E-state index contributed by atoms with van der Waals surface area (Å²) in [6, 6.07) is 16.9. The van der Waals surface area contributed by atoms with E-state index in [1.54, 1.807) is 4.68 Å². The van der Waals surface area contributed by atoms with Crippen LogP contribution in [0.15, 0.2) is 54.7 Å². The molecule has 2 heterocycles. The Morgan fingerprint density at radius 3 is 2.69 bits per heavy atom. The van der Waals surface area contributed by atoms with E-state index < -0.39 is 0 Å². The second-order valence-electron chi connectivity index (χ2n) is 6.63. The van der Waals surface area contributed by atoms with Gasteiger partial charge in [-0.15, -0.1) is 0 Å². The Morgan fingerprint density at radius 2 is 1.85 bits per heavy atom. The molecule has 0 spiro atoms. The molecule has 0 fully saturated rings. The Hall–Kier alpha value is -3.16. The van der Waals surface area contributed by atoms with Crippen LogP contribution in [-0.4, -0.2) is 40.3 Å². The zero-order valence-corrected chi connectivity index (χ0v) is 15.2. The molecule has 4 rings (SSSR count). The maximum atomic E-state index is 4.65. The average Bonchev–Trinajstić information content (AvgIpc) is 2.96. The molecule has 0 radical (unpaired) electrons. The molecule has 26 heavy (non-hydrogen) atoms. The van der Waals surface area contributed by atoms with E-state index in [1.165, 1.54) is 16.3 Å². The van der Waals surface area contributed by atoms with Gasteiger partial charge in [-0.1, -0.05) is 48.4 Å². The number of pyridine rings is 1. The van der Waals surface area contributed by atoms with E-state index in [2.05, 4.69) is 70.5 Å². The van der Waals surface area contributed by atoms with Gasteiger partial charge in [0.1, 0.15) is 5.69 Å². The van der Waals surface area contributed by atoms with Crippen molar-refractivity contribution in [3.63, 3.8) is 0 Å². The Kier molecular flexibility index (Phi) is 4.16. The second kappa shape index (κ2) is 6.62. The van der Waals surface area contributed by atoms with Gasteiger partial charge in [-0.3, -0.25) is 4.90 Å². The number of aryl methyl sites for hydroxylation is 1. The van der Waals surface area contributed by atoms with Crippen LogP contribution in [0.3, 0.4) is 0 Å². The van der Waals surface area contributed by atoms with Crippen LogP contribution in [-0.2, 0) is 7.05 Å². The maximum absolute atomic E-state index is 4.65. The van der Waals surface area contributed by atoms with Gasteiger partial charge in [0.25, 0.3) is 0 Å². The summed E-state index contributed by atoms with van der Waals surface area (Å²) in [7, 11) is 5.92. The Balaban J connectivity index is 1.88. The average molecular weight is 340 g/mol. The Morgan fingerprint density at radius 1 is 1.04 bits per heavy atom. The van der Waals surface area contributed by atoms with E-state index in [1.807, 2.05) is 32.2 Å². The molecule has 0 saturated carbocycles. The molecular formula is C22H20N4. The van der Waals surface area contributed by atoms with Crippen molar-refractivity contribution < 1.29 is 0 Å². The minimum atomic E-state index is 0.703. The fraction of sp³-hybridized carbons (Fsp3) is 0.182. The standard InChI is InChI=1S/C22H20N4/c1-25(2)13-7-12-21-20-14-17(15-23-22(20)26(3)24-21)19-11-6-9-16-8-4-5-10-18(16)19/h4-6,8-11,14-15H,13H2,1-3H3. The van der Waals surface area contributed by atoms with Gasteiger partial charge >= 0.3 is 0 Å². The number of rotatable bonds is 2. The summed E-state index contributed by atoms with van der Waals surface area (Å²) >= 11 is 0. The first-order chi connectivity index (χ1) is 12.6. The molecular weight excluding hydrogens is 320 g/mol. The van der Waals surface area contributed by atoms with Crippen molar-refractivity contribution in [2.75, 3.05) is 20.6 Å². The first-order valence-electron chi connectivity index (χ1n) is 8.58. The summed E-state index contributed by atoms with van der Waals surface area (Å²) < 4.78 is 1.79. The number of hydrogen-bond donors (Lipinski definition) is 0. The van der Waals surface area contributed by atoms with E-state index in [4.69, 9.17) is 0 Å². The number of nitrogens with zero attached hydrogens (tertiary/aromatic N) is 4. The van der Waals surface area contributed by atoms with Gasteiger partial charge < -0.3 is 0 Å². The van der Waals surface area contributed by atoms with E-state index in [9.17, 15) is 0 Å². The minimum absolute atomic E-state index is 0.703. The Bertz CT molecular complexity index is 1150. The van der Waals surface area contributed by atoms with Crippen LogP contribution in [0.4, 0.5) is 0 Å². The monoisotopic (exact) mass is 340 g/mol. The van der Waals surface area contributed by atoms with Crippen molar-refractivity contribution in [1.82, 2.24) is 19.7 Å². The van der Waals surface area contributed by atoms with Gasteiger partial charge in [-0.2, -0.15) is 5.10 Å². The van der Waals surface area contributed by atoms with Crippen molar-refractivity contribution in [2.45, 2.75) is 0 Å². The van der Waals surface area contributed by atoms with Crippen LogP contribution in [0.5, 0.6) is 0 Å². The molecule has 0 unspecified atom stereocenters. The van der Waals surface area contributed by atoms with Crippen molar-refractivity contribution in [3.8, 4) is 23.0 Å². The van der Waals surface area contributed by atoms with Crippen LogP contribution in [0.1, 0.15) is 5.69 Å². The molecule has 2 aromatic carbocycles. The largest absolute Gasteiger partial charge is 0.299 e. The molecule has 0 bridgehead atoms. The number of hydrogen-bond acceptors (Lipinski definition) is 3. The minimum Gasteiger partial charge on any atom is -0.299 e. The van der Waals surface area contributed by atoms with Crippen LogP contribution in [0.2, 0.25) is 0 Å². The first kappa shape index (κ1) is 16.3. The van der Waals surface area contributed by atoms with Gasteiger partial charge in [0.05, 0.1) is 11.9 Å². The third kappa shape index (κ3) is 2.94. The SMILES string of the molecule is CN(C)CC#Cc1nn(C)c2ncc(-c3cccc4ccccc34)cc12. The van der Waals surface area contributed by atoms with Crippen LogP contribution >= 0.6 is 0 Å². The fourth-order valence-electron chi connectivity index (χ4n) is 3.14. The topological polar surface area (TPSA) is 34.0 Å². The van der Waals surface area contributed by atoms with Gasteiger partial charge in [-0.05, 0) is 42.4 Å². The van der Waals surface area contributed by atoms with Crippen molar-refractivity contribution in [2.24, 2.45) is 7.05 Å². The zero-order chi connectivity index (χ0) is 18.1. The Labute approximate surface area is 153 Å². The van der Waals surface area contributed by atoms with Gasteiger partial charge in [-0.25, -0.2) is 9.67 Å². The lowest BCUT2D eigenvalue weighted by Gasteiger charge is -2.07. The summed E-state index contributed by atoms with van der Waals surface area (Å²) in [5.74, 6) is 6.36. The molecule has 0 amide bonds. The smallest absolute Gasteiger partial charge is 0.158 e. The lowest BCUT2D eigenvalue weighted by atomic mass is 9.99. The molecule has 128 valence electrons. The normalized spacial score (nSPS) is 11.1. The first-order valence-corrected chi connectivity index (χ1v) is 8.58. The van der Waals surface area contributed by atoms with Gasteiger partial charge in [0, 0.05) is 18.8 Å². The maximum Gasteiger partial charge on any atom is 0.158 e. The van der Waals surface area contributed by atoms with Gasteiger partial charge in [0.2, 0.25) is 0 Å². The fourth-order valence-corrected chi connectivity index (χ4v) is 3.14. The number of fused-ring (bicyclic) bond motifs is 2. The lowest BCUT2D eigenvalue weighted by molar-refractivity contribution is 0.464. The highest BCUT2D eigenvalue weighted by molar-refractivity contribution is 5.98. The summed E-state index contributed by atoms with van der Waals surface area (Å²) in [5, 5.41) is 7.98. The quantitative estimate of drug-likeness (QED) is 0.522. The molecule has 0 aliphatic carbocycles. The highest BCUT2D eigenvalue weighted by atomic mass is 15.3. The van der Waals surface area contributed by atoms with E-state index in [-0.39, 0.29) is 0 Å². The predicted molar refractivity (Wildman–Crippen MR) is 107 cm³/mol. The molecule has 4 heteroatoms.